The van der Waals surface area contributed by atoms with E-state index in [4.69, 9.17) is 10.5 Å². The first-order valence-electron chi connectivity index (χ1n) is 5.96. The molecule has 0 unspecified atom stereocenters. The Kier molecular flexibility index (Phi) is 4.02. The van der Waals surface area contributed by atoms with Crippen LogP contribution >= 0.6 is 0 Å². The van der Waals surface area contributed by atoms with E-state index < -0.39 is 4.92 Å². The maximum atomic E-state index is 11.1. The number of nitro groups is 1. The lowest BCUT2D eigenvalue weighted by Crippen LogP contribution is -2.08. The highest BCUT2D eigenvalue weighted by Crippen LogP contribution is 2.31. The molecule has 1 heterocycles. The Labute approximate surface area is 120 Å². The summed E-state index contributed by atoms with van der Waals surface area (Å²) in [5.41, 5.74) is 5.84. The lowest BCUT2D eigenvalue weighted by molar-refractivity contribution is -0.383. The molecule has 0 fully saturated rings. The fraction of sp³-hybridized carbons (Fsp3) is 0.167. The van der Waals surface area contributed by atoms with Crippen LogP contribution < -0.4 is 21.1 Å². The maximum absolute atomic E-state index is 11.1. The Bertz CT molecular complexity index is 659. The van der Waals surface area contributed by atoms with Gasteiger partial charge in [-0.25, -0.2) is 0 Å². The third kappa shape index (κ3) is 3.08. The first-order valence-corrected chi connectivity index (χ1v) is 5.96. The van der Waals surface area contributed by atoms with Crippen LogP contribution in [0.2, 0.25) is 0 Å². The van der Waals surface area contributed by atoms with Crippen molar-refractivity contribution in [1.82, 2.24) is 9.97 Å². The molecule has 0 radical (unpaired) electrons. The minimum atomic E-state index is -0.624. The molecule has 0 bridgehead atoms. The second-order valence-corrected chi connectivity index (χ2v) is 3.99. The van der Waals surface area contributed by atoms with Gasteiger partial charge in [0.1, 0.15) is 5.75 Å². The first kappa shape index (κ1) is 14.3. The van der Waals surface area contributed by atoms with E-state index in [1.165, 1.54) is 0 Å². The summed E-state index contributed by atoms with van der Waals surface area (Å²) in [7, 11) is 3.15. The van der Waals surface area contributed by atoms with Crippen LogP contribution in [0.1, 0.15) is 0 Å². The smallest absolute Gasteiger partial charge is 0.353 e. The van der Waals surface area contributed by atoms with Crippen molar-refractivity contribution in [3.63, 3.8) is 0 Å². The van der Waals surface area contributed by atoms with E-state index in [1.807, 2.05) is 0 Å². The average Bonchev–Trinajstić information content (AvgIpc) is 2.47. The summed E-state index contributed by atoms with van der Waals surface area (Å²) in [6, 6.07) is 6.86. The Morgan fingerprint density at radius 1 is 1.29 bits per heavy atom. The SMILES string of the molecule is CNc1nc(N)c([N+](=O)[O-])c(Nc2ccc(OC)cc2)n1. The number of hydrogen-bond donors (Lipinski definition) is 3. The van der Waals surface area contributed by atoms with E-state index in [2.05, 4.69) is 20.6 Å². The van der Waals surface area contributed by atoms with Gasteiger partial charge in [-0.15, -0.1) is 0 Å². The number of benzene rings is 1. The highest BCUT2D eigenvalue weighted by atomic mass is 16.6. The molecule has 2 rings (SSSR count). The molecule has 9 nitrogen and oxygen atoms in total. The van der Waals surface area contributed by atoms with Crippen molar-refractivity contribution in [1.29, 1.82) is 0 Å². The Morgan fingerprint density at radius 2 is 1.95 bits per heavy atom. The first-order chi connectivity index (χ1) is 10.0. The molecule has 0 saturated carbocycles. The number of anilines is 4. The third-order valence-corrected chi connectivity index (χ3v) is 2.67. The van der Waals surface area contributed by atoms with Gasteiger partial charge in [0, 0.05) is 12.7 Å². The molecule has 0 spiro atoms. The third-order valence-electron chi connectivity index (χ3n) is 2.67. The van der Waals surface area contributed by atoms with Gasteiger partial charge in [0.25, 0.3) is 0 Å². The zero-order valence-corrected chi connectivity index (χ0v) is 11.5. The summed E-state index contributed by atoms with van der Waals surface area (Å²) in [6.45, 7) is 0. The van der Waals surface area contributed by atoms with Crippen molar-refractivity contribution in [2.24, 2.45) is 0 Å². The number of hydrogen-bond acceptors (Lipinski definition) is 8. The fourth-order valence-electron chi connectivity index (χ4n) is 1.66. The zero-order valence-electron chi connectivity index (χ0n) is 11.5. The topological polar surface area (TPSA) is 128 Å². The van der Waals surface area contributed by atoms with E-state index >= 15 is 0 Å². The van der Waals surface area contributed by atoms with Crippen molar-refractivity contribution in [2.45, 2.75) is 0 Å². The molecule has 9 heteroatoms. The van der Waals surface area contributed by atoms with Gasteiger partial charge in [0.05, 0.1) is 12.0 Å². The summed E-state index contributed by atoms with van der Waals surface area (Å²) in [6.07, 6.45) is 0. The predicted octanol–water partition coefficient (Wildman–Crippen LogP) is 1.76. The van der Waals surface area contributed by atoms with Crippen molar-refractivity contribution in [2.75, 3.05) is 30.5 Å². The molecular formula is C12H14N6O3. The molecule has 0 aliphatic heterocycles. The second kappa shape index (κ2) is 5.90. The number of ether oxygens (including phenoxy) is 1. The highest BCUT2D eigenvalue weighted by molar-refractivity contribution is 5.74. The van der Waals surface area contributed by atoms with Crippen LogP contribution in [-0.2, 0) is 0 Å². The van der Waals surface area contributed by atoms with Gasteiger partial charge in [-0.1, -0.05) is 0 Å². The molecule has 2 aromatic rings. The number of nitrogen functional groups attached to an aromatic ring is 1. The van der Waals surface area contributed by atoms with Crippen molar-refractivity contribution >= 4 is 29.0 Å². The van der Waals surface area contributed by atoms with Gasteiger partial charge in [0.2, 0.25) is 17.6 Å². The lowest BCUT2D eigenvalue weighted by atomic mass is 10.3. The minimum Gasteiger partial charge on any atom is -0.497 e. The summed E-state index contributed by atoms with van der Waals surface area (Å²) in [5.74, 6) is 0.666. The van der Waals surface area contributed by atoms with Crippen LogP contribution in [0.5, 0.6) is 5.75 Å². The molecular weight excluding hydrogens is 276 g/mol. The number of nitrogens with two attached hydrogens (primary N) is 1. The van der Waals surface area contributed by atoms with Crippen molar-refractivity contribution < 1.29 is 9.66 Å². The van der Waals surface area contributed by atoms with Crippen LogP contribution in [0, 0.1) is 10.1 Å². The Hall–Kier alpha value is -3.10. The largest absolute Gasteiger partial charge is 0.497 e. The molecule has 0 amide bonds. The molecule has 0 saturated heterocycles. The summed E-state index contributed by atoms with van der Waals surface area (Å²) >= 11 is 0. The number of aromatic nitrogens is 2. The minimum absolute atomic E-state index is 0.0158. The van der Waals surface area contributed by atoms with Crippen LogP contribution in [0.25, 0.3) is 0 Å². The van der Waals surface area contributed by atoms with Crippen LogP contribution in [0.3, 0.4) is 0 Å². The molecule has 0 aliphatic carbocycles. The second-order valence-electron chi connectivity index (χ2n) is 3.99. The van der Waals surface area contributed by atoms with Crippen molar-refractivity contribution in [3.8, 4) is 5.75 Å². The standard InChI is InChI=1S/C12H14N6O3/c1-14-12-16-10(13)9(18(19)20)11(17-12)15-7-3-5-8(21-2)6-4-7/h3-6H,1-2H3,(H4,13,14,15,16,17). The zero-order chi connectivity index (χ0) is 15.4. The van der Waals surface area contributed by atoms with Gasteiger partial charge in [-0.05, 0) is 24.3 Å². The Balaban J connectivity index is 2.41. The molecule has 4 N–H and O–H groups in total. The van der Waals surface area contributed by atoms with E-state index in [9.17, 15) is 10.1 Å². The van der Waals surface area contributed by atoms with Crippen LogP contribution in [0.15, 0.2) is 24.3 Å². The van der Waals surface area contributed by atoms with Gasteiger partial charge in [-0.2, -0.15) is 9.97 Å². The van der Waals surface area contributed by atoms with Gasteiger partial charge in [0.15, 0.2) is 0 Å². The molecule has 1 aromatic heterocycles. The normalized spacial score (nSPS) is 10.0. The maximum Gasteiger partial charge on any atom is 0.353 e. The number of nitrogens with one attached hydrogen (secondary N) is 2. The predicted molar refractivity (Wildman–Crippen MR) is 78.9 cm³/mol. The average molecular weight is 290 g/mol. The van der Waals surface area contributed by atoms with Crippen LogP contribution in [0.4, 0.5) is 29.0 Å². The lowest BCUT2D eigenvalue weighted by Gasteiger charge is -2.09. The quantitative estimate of drug-likeness (QED) is 0.561. The Morgan fingerprint density at radius 3 is 2.48 bits per heavy atom. The number of rotatable bonds is 5. The molecule has 0 atom stereocenters. The van der Waals surface area contributed by atoms with E-state index in [1.54, 1.807) is 38.4 Å². The summed E-state index contributed by atoms with van der Waals surface area (Å²) in [5, 5.41) is 16.6. The molecule has 0 aliphatic rings. The number of nitrogens with zero attached hydrogens (tertiary/aromatic N) is 3. The van der Waals surface area contributed by atoms with Gasteiger partial charge < -0.3 is 21.1 Å². The fourth-order valence-corrected chi connectivity index (χ4v) is 1.66. The van der Waals surface area contributed by atoms with Crippen molar-refractivity contribution in [3.05, 3.63) is 34.4 Å². The number of methoxy groups -OCH3 is 1. The van der Waals surface area contributed by atoms with Crippen LogP contribution in [-0.4, -0.2) is 29.0 Å². The molecule has 1 aromatic carbocycles. The molecule has 21 heavy (non-hydrogen) atoms. The van der Waals surface area contributed by atoms with E-state index in [0.29, 0.717) is 11.4 Å². The monoisotopic (exact) mass is 290 g/mol. The van der Waals surface area contributed by atoms with E-state index in [0.717, 1.165) is 0 Å². The molecule has 110 valence electrons. The van der Waals surface area contributed by atoms with Gasteiger partial charge in [-0.3, -0.25) is 10.1 Å². The summed E-state index contributed by atoms with van der Waals surface area (Å²) < 4.78 is 5.05. The van der Waals surface area contributed by atoms with Gasteiger partial charge >= 0.3 is 5.69 Å². The van der Waals surface area contributed by atoms with E-state index in [-0.39, 0.29) is 23.3 Å². The highest BCUT2D eigenvalue weighted by Gasteiger charge is 2.23. The summed E-state index contributed by atoms with van der Waals surface area (Å²) in [4.78, 5) is 18.3.